The van der Waals surface area contributed by atoms with Crippen LogP contribution in [0.2, 0.25) is 0 Å². The monoisotopic (exact) mass is 376 g/mol. The third kappa shape index (κ3) is 5.75. The second kappa shape index (κ2) is 10.2. The highest BCUT2D eigenvalue weighted by molar-refractivity contribution is 7.89. The van der Waals surface area contributed by atoms with E-state index in [1.165, 1.54) is 0 Å². The molecular formula is C20H28N2O3S. The topological polar surface area (TPSA) is 58.6 Å². The number of anilines is 1. The summed E-state index contributed by atoms with van der Waals surface area (Å²) in [4.78, 5) is 0.338. The Morgan fingerprint density at radius 1 is 0.923 bits per heavy atom. The first-order valence-electron chi connectivity index (χ1n) is 9.10. The Hall–Kier alpha value is -2.05. The van der Waals surface area contributed by atoms with Crippen molar-refractivity contribution in [1.82, 2.24) is 4.31 Å². The smallest absolute Gasteiger partial charge is 0.243 e. The molecule has 2 aromatic rings. The van der Waals surface area contributed by atoms with Gasteiger partial charge in [0, 0.05) is 25.3 Å². The highest BCUT2D eigenvalue weighted by Crippen LogP contribution is 2.19. The van der Waals surface area contributed by atoms with Gasteiger partial charge in [-0.1, -0.05) is 32.0 Å². The van der Waals surface area contributed by atoms with Crippen LogP contribution in [0.1, 0.15) is 26.7 Å². The fraction of sp³-hybridized carbons (Fsp3) is 0.400. The number of hydrogen-bond donors (Lipinski definition) is 1. The third-order valence-corrected chi connectivity index (χ3v) is 5.79. The molecule has 0 aliphatic heterocycles. The molecule has 0 bridgehead atoms. The SMILES string of the molecule is CCCN(CCC)S(=O)(=O)c1ccc(NCCOc2ccccc2)cc1. The summed E-state index contributed by atoms with van der Waals surface area (Å²) in [6.45, 7) is 6.25. The molecule has 26 heavy (non-hydrogen) atoms. The zero-order chi connectivity index (χ0) is 18.8. The lowest BCUT2D eigenvalue weighted by atomic mass is 10.3. The molecule has 0 amide bonds. The average molecular weight is 377 g/mol. The number of nitrogens with zero attached hydrogens (tertiary/aromatic N) is 1. The molecule has 0 spiro atoms. The van der Waals surface area contributed by atoms with Crippen LogP contribution >= 0.6 is 0 Å². The first kappa shape index (κ1) is 20.3. The number of ether oxygens (including phenoxy) is 1. The third-order valence-electron chi connectivity index (χ3n) is 3.88. The summed E-state index contributed by atoms with van der Waals surface area (Å²) in [5, 5.41) is 3.24. The van der Waals surface area contributed by atoms with Crippen molar-refractivity contribution in [2.75, 3.05) is 31.6 Å². The first-order valence-corrected chi connectivity index (χ1v) is 10.5. The molecule has 0 saturated carbocycles. The van der Waals surface area contributed by atoms with Gasteiger partial charge in [-0.2, -0.15) is 4.31 Å². The van der Waals surface area contributed by atoms with Gasteiger partial charge in [-0.15, -0.1) is 0 Å². The predicted molar refractivity (Wildman–Crippen MR) is 106 cm³/mol. The number of nitrogens with one attached hydrogen (secondary N) is 1. The van der Waals surface area contributed by atoms with E-state index >= 15 is 0 Å². The molecule has 1 N–H and O–H groups in total. The van der Waals surface area contributed by atoms with Gasteiger partial charge in [0.25, 0.3) is 0 Å². The van der Waals surface area contributed by atoms with Gasteiger partial charge in [-0.05, 0) is 49.2 Å². The summed E-state index contributed by atoms with van der Waals surface area (Å²) in [7, 11) is -3.42. The normalized spacial score (nSPS) is 11.5. The van der Waals surface area contributed by atoms with Gasteiger partial charge >= 0.3 is 0 Å². The van der Waals surface area contributed by atoms with Gasteiger partial charge in [0.1, 0.15) is 12.4 Å². The molecule has 0 heterocycles. The highest BCUT2D eigenvalue weighted by atomic mass is 32.2. The number of benzene rings is 2. The van der Waals surface area contributed by atoms with Gasteiger partial charge in [0.05, 0.1) is 4.90 Å². The molecule has 0 radical (unpaired) electrons. The molecule has 0 aliphatic rings. The van der Waals surface area contributed by atoms with E-state index < -0.39 is 10.0 Å². The van der Waals surface area contributed by atoms with Gasteiger partial charge in [0.2, 0.25) is 10.0 Å². The highest BCUT2D eigenvalue weighted by Gasteiger charge is 2.22. The zero-order valence-corrected chi connectivity index (χ0v) is 16.3. The molecule has 0 aliphatic carbocycles. The van der Waals surface area contributed by atoms with Gasteiger partial charge in [-0.3, -0.25) is 0 Å². The Bertz CT molecular complexity index is 740. The Kier molecular flexibility index (Phi) is 7.94. The van der Waals surface area contributed by atoms with Crippen LogP contribution in [0.15, 0.2) is 59.5 Å². The largest absolute Gasteiger partial charge is 0.492 e. The van der Waals surface area contributed by atoms with Crippen LogP contribution in [0.4, 0.5) is 5.69 Å². The number of rotatable bonds is 11. The quantitative estimate of drug-likeness (QED) is 0.603. The van der Waals surface area contributed by atoms with Crippen molar-refractivity contribution in [1.29, 1.82) is 0 Å². The van der Waals surface area contributed by atoms with Gasteiger partial charge in [0.15, 0.2) is 0 Å². The number of hydrogen-bond acceptors (Lipinski definition) is 4. The van der Waals surface area contributed by atoms with E-state index in [0.717, 1.165) is 24.3 Å². The predicted octanol–water partition coefficient (Wildman–Crippen LogP) is 3.99. The maximum absolute atomic E-state index is 12.7. The maximum atomic E-state index is 12.7. The minimum Gasteiger partial charge on any atom is -0.492 e. The zero-order valence-electron chi connectivity index (χ0n) is 15.5. The van der Waals surface area contributed by atoms with E-state index in [1.54, 1.807) is 28.6 Å². The van der Waals surface area contributed by atoms with Gasteiger partial charge < -0.3 is 10.1 Å². The van der Waals surface area contributed by atoms with Crippen LogP contribution < -0.4 is 10.1 Å². The molecule has 0 atom stereocenters. The molecular weight excluding hydrogens is 348 g/mol. The van der Waals surface area contributed by atoms with Crippen molar-refractivity contribution >= 4 is 15.7 Å². The summed E-state index contributed by atoms with van der Waals surface area (Å²) in [6, 6.07) is 16.6. The molecule has 2 rings (SSSR count). The molecule has 2 aromatic carbocycles. The van der Waals surface area contributed by atoms with Crippen molar-refractivity contribution in [2.24, 2.45) is 0 Å². The summed E-state index contributed by atoms with van der Waals surface area (Å²) < 4.78 is 32.6. The maximum Gasteiger partial charge on any atom is 0.243 e. The van der Waals surface area contributed by atoms with E-state index in [0.29, 0.717) is 31.1 Å². The summed E-state index contributed by atoms with van der Waals surface area (Å²) in [6.07, 6.45) is 1.61. The molecule has 5 nitrogen and oxygen atoms in total. The lowest BCUT2D eigenvalue weighted by Crippen LogP contribution is -2.32. The molecule has 0 unspecified atom stereocenters. The Labute approximate surface area is 157 Å². The van der Waals surface area contributed by atoms with E-state index in [4.69, 9.17) is 4.74 Å². The minimum atomic E-state index is -3.42. The fourth-order valence-corrected chi connectivity index (χ4v) is 4.25. The van der Waals surface area contributed by atoms with Crippen LogP contribution in [0.3, 0.4) is 0 Å². The van der Waals surface area contributed by atoms with Crippen LogP contribution in [0.5, 0.6) is 5.75 Å². The minimum absolute atomic E-state index is 0.338. The van der Waals surface area contributed by atoms with Crippen LogP contribution in [0.25, 0.3) is 0 Å². The van der Waals surface area contributed by atoms with Crippen LogP contribution in [-0.4, -0.2) is 39.0 Å². The second-order valence-electron chi connectivity index (χ2n) is 6.02. The fourth-order valence-electron chi connectivity index (χ4n) is 2.63. The van der Waals surface area contributed by atoms with Crippen LogP contribution in [0, 0.1) is 0 Å². The summed E-state index contributed by atoms with van der Waals surface area (Å²) in [5.74, 6) is 0.836. The Balaban J connectivity index is 1.90. The van der Waals surface area contributed by atoms with Crippen LogP contribution in [-0.2, 0) is 10.0 Å². The molecule has 0 saturated heterocycles. The number of para-hydroxylation sites is 1. The average Bonchev–Trinajstić information content (AvgIpc) is 2.66. The van der Waals surface area contributed by atoms with E-state index in [1.807, 2.05) is 44.2 Å². The molecule has 142 valence electrons. The summed E-state index contributed by atoms with van der Waals surface area (Å²) in [5.41, 5.74) is 0.873. The lowest BCUT2D eigenvalue weighted by molar-refractivity contribution is 0.333. The van der Waals surface area contributed by atoms with Crippen molar-refractivity contribution < 1.29 is 13.2 Å². The van der Waals surface area contributed by atoms with E-state index in [-0.39, 0.29) is 0 Å². The Morgan fingerprint density at radius 3 is 2.12 bits per heavy atom. The molecule has 0 aromatic heterocycles. The second-order valence-corrected chi connectivity index (χ2v) is 7.95. The standard InChI is InChI=1S/C20H28N2O3S/c1-3-15-22(16-4-2)26(23,24)20-12-10-18(11-13-20)21-14-17-25-19-8-6-5-7-9-19/h5-13,21H,3-4,14-17H2,1-2H3. The van der Waals surface area contributed by atoms with Crippen molar-refractivity contribution in [3.05, 3.63) is 54.6 Å². The van der Waals surface area contributed by atoms with Gasteiger partial charge in [-0.25, -0.2) is 8.42 Å². The summed E-state index contributed by atoms with van der Waals surface area (Å²) >= 11 is 0. The lowest BCUT2D eigenvalue weighted by Gasteiger charge is -2.21. The Morgan fingerprint density at radius 2 is 1.54 bits per heavy atom. The van der Waals surface area contributed by atoms with E-state index in [9.17, 15) is 8.42 Å². The van der Waals surface area contributed by atoms with Crippen molar-refractivity contribution in [3.8, 4) is 5.75 Å². The molecule has 6 heteroatoms. The van der Waals surface area contributed by atoms with Crippen molar-refractivity contribution in [3.63, 3.8) is 0 Å². The van der Waals surface area contributed by atoms with E-state index in [2.05, 4.69) is 5.32 Å². The first-order chi connectivity index (χ1) is 12.6. The van der Waals surface area contributed by atoms with Crippen molar-refractivity contribution in [2.45, 2.75) is 31.6 Å². The number of sulfonamides is 1. The molecule has 0 fully saturated rings.